The van der Waals surface area contributed by atoms with E-state index < -0.39 is 11.8 Å². The van der Waals surface area contributed by atoms with Crippen molar-refractivity contribution in [2.75, 3.05) is 42.9 Å². The number of aromatic amines is 1. The van der Waals surface area contributed by atoms with Crippen LogP contribution in [0.5, 0.6) is 11.5 Å². The number of benzene rings is 3. The first-order chi connectivity index (χ1) is 17.9. The van der Waals surface area contributed by atoms with Crippen molar-refractivity contribution in [3.63, 3.8) is 0 Å². The van der Waals surface area contributed by atoms with Crippen LogP contribution in [0.2, 0.25) is 0 Å². The fourth-order valence-corrected chi connectivity index (χ4v) is 3.35. The number of carbonyl (C=O) groups excluding carboxylic acids is 2. The maximum absolute atomic E-state index is 13.9. The average molecular weight is 508 g/mol. The number of methoxy groups -OCH3 is 1. The van der Waals surface area contributed by atoms with E-state index in [-0.39, 0.29) is 18.2 Å². The monoisotopic (exact) mass is 507 g/mol. The molecule has 0 spiro atoms. The highest BCUT2D eigenvalue weighted by molar-refractivity contribution is 5.99. The molecule has 1 heterocycles. The van der Waals surface area contributed by atoms with Crippen LogP contribution in [0.3, 0.4) is 0 Å². The Hall–Kier alpha value is -4.48. The van der Waals surface area contributed by atoms with Crippen molar-refractivity contribution in [1.82, 2.24) is 9.97 Å². The normalized spacial score (nSPS) is 10.8. The molecule has 0 fully saturated rings. The number of urea groups is 1. The number of hydrogen-bond acceptors (Lipinski definition) is 6. The topological polar surface area (TPSA) is 127 Å². The van der Waals surface area contributed by atoms with Gasteiger partial charge in [-0.1, -0.05) is 6.07 Å². The molecule has 0 saturated heterocycles. The number of hydrogen-bond donors (Lipinski definition) is 4. The summed E-state index contributed by atoms with van der Waals surface area (Å²) in [5.41, 5.74) is 2.76. The van der Waals surface area contributed by atoms with E-state index in [0.717, 1.165) is 5.56 Å². The van der Waals surface area contributed by atoms with Crippen LogP contribution in [0, 0.1) is 12.7 Å². The predicted octanol–water partition coefficient (Wildman–Crippen LogP) is 5.05. The number of ether oxygens (including phenoxy) is 3. The van der Waals surface area contributed by atoms with E-state index in [1.807, 2.05) is 6.92 Å². The van der Waals surface area contributed by atoms with Crippen molar-refractivity contribution >= 4 is 40.3 Å². The molecule has 4 N–H and O–H groups in total. The first-order valence-corrected chi connectivity index (χ1v) is 11.4. The van der Waals surface area contributed by atoms with Gasteiger partial charge in [-0.15, -0.1) is 0 Å². The Morgan fingerprint density at radius 2 is 1.73 bits per heavy atom. The number of H-pyrrole nitrogens is 1. The molecule has 0 unspecified atom stereocenters. The van der Waals surface area contributed by atoms with Gasteiger partial charge in [0.15, 0.2) is 0 Å². The number of anilines is 3. The van der Waals surface area contributed by atoms with Crippen LogP contribution in [0.4, 0.5) is 26.5 Å². The summed E-state index contributed by atoms with van der Waals surface area (Å²) in [7, 11) is 1.56. The highest BCUT2D eigenvalue weighted by atomic mass is 19.1. The molecule has 0 aliphatic heterocycles. The van der Waals surface area contributed by atoms with E-state index in [1.165, 1.54) is 6.07 Å². The Balaban J connectivity index is 1.32. The van der Waals surface area contributed by atoms with Crippen LogP contribution in [0.1, 0.15) is 5.56 Å². The number of halogens is 1. The minimum atomic E-state index is -0.563. The number of imidazole rings is 1. The second kappa shape index (κ2) is 12.0. The lowest BCUT2D eigenvalue weighted by Gasteiger charge is -2.10. The molecule has 4 rings (SSSR count). The quantitative estimate of drug-likeness (QED) is 0.223. The van der Waals surface area contributed by atoms with Crippen LogP contribution < -0.4 is 20.7 Å². The molecule has 0 radical (unpaired) electrons. The van der Waals surface area contributed by atoms with E-state index in [0.29, 0.717) is 47.4 Å². The largest absolute Gasteiger partial charge is 0.457 e. The molecule has 3 aromatic carbocycles. The van der Waals surface area contributed by atoms with Crippen LogP contribution in [-0.2, 0) is 14.3 Å². The fourth-order valence-electron chi connectivity index (χ4n) is 3.35. The molecule has 3 amide bonds. The molecule has 37 heavy (non-hydrogen) atoms. The zero-order valence-electron chi connectivity index (χ0n) is 20.3. The van der Waals surface area contributed by atoms with Crippen molar-refractivity contribution < 1.29 is 28.2 Å². The third-order valence-electron chi connectivity index (χ3n) is 5.09. The lowest BCUT2D eigenvalue weighted by atomic mass is 10.2. The molecule has 4 aromatic rings. The number of nitrogens with zero attached hydrogens (tertiary/aromatic N) is 1. The summed E-state index contributed by atoms with van der Waals surface area (Å²) >= 11 is 0. The number of rotatable bonds is 10. The number of amides is 3. The summed E-state index contributed by atoms with van der Waals surface area (Å²) in [6, 6.07) is 15.9. The maximum atomic E-state index is 13.9. The molecular weight excluding hydrogens is 481 g/mol. The highest BCUT2D eigenvalue weighted by Gasteiger charge is 2.10. The van der Waals surface area contributed by atoms with Gasteiger partial charge in [0.1, 0.15) is 23.9 Å². The van der Waals surface area contributed by atoms with Gasteiger partial charge in [0.2, 0.25) is 5.95 Å². The molecule has 10 nitrogen and oxygen atoms in total. The summed E-state index contributed by atoms with van der Waals surface area (Å²) in [4.78, 5) is 31.6. The smallest absolute Gasteiger partial charge is 0.323 e. The lowest BCUT2D eigenvalue weighted by Crippen LogP contribution is -2.20. The maximum Gasteiger partial charge on any atom is 0.323 e. The van der Waals surface area contributed by atoms with Crippen molar-refractivity contribution in [1.29, 1.82) is 0 Å². The molecule has 11 heteroatoms. The van der Waals surface area contributed by atoms with Crippen LogP contribution in [0.25, 0.3) is 11.0 Å². The first-order valence-electron chi connectivity index (χ1n) is 11.4. The molecule has 0 aliphatic rings. The van der Waals surface area contributed by atoms with Gasteiger partial charge in [0.05, 0.1) is 29.9 Å². The molecule has 0 atom stereocenters. The number of aromatic nitrogens is 2. The van der Waals surface area contributed by atoms with E-state index in [4.69, 9.17) is 14.2 Å². The molecule has 0 saturated carbocycles. The number of nitrogens with one attached hydrogen (secondary N) is 4. The summed E-state index contributed by atoms with van der Waals surface area (Å²) in [5, 5.41) is 7.80. The van der Waals surface area contributed by atoms with Crippen molar-refractivity contribution in [2.45, 2.75) is 6.92 Å². The molecule has 0 aliphatic carbocycles. The number of carbonyl (C=O) groups is 2. The zero-order valence-corrected chi connectivity index (χ0v) is 20.3. The van der Waals surface area contributed by atoms with Gasteiger partial charge >= 0.3 is 6.03 Å². The Morgan fingerprint density at radius 1 is 0.946 bits per heavy atom. The highest BCUT2D eigenvalue weighted by Crippen LogP contribution is 2.27. The Morgan fingerprint density at radius 3 is 2.51 bits per heavy atom. The van der Waals surface area contributed by atoms with Gasteiger partial charge in [-0.05, 0) is 61.0 Å². The molecule has 1 aromatic heterocycles. The SMILES string of the molecule is COCCOCC(=O)Nc1nc2ccc(Oc3ccc(NC(=O)Nc4cc(C)ccc4F)cc3)cc2[nH]1. The Kier molecular flexibility index (Phi) is 8.29. The molecular formula is C26H26FN5O5. The van der Waals surface area contributed by atoms with E-state index in [2.05, 4.69) is 25.9 Å². The third-order valence-corrected chi connectivity index (χ3v) is 5.09. The van der Waals surface area contributed by atoms with Crippen molar-refractivity contribution in [2.24, 2.45) is 0 Å². The zero-order chi connectivity index (χ0) is 26.2. The van der Waals surface area contributed by atoms with Gasteiger partial charge in [0, 0.05) is 18.9 Å². The number of aryl methyl sites for hydroxylation is 1. The number of fused-ring (bicyclic) bond motifs is 1. The Labute approximate surface area is 212 Å². The van der Waals surface area contributed by atoms with Gasteiger partial charge in [-0.3, -0.25) is 10.1 Å². The Bertz CT molecular complexity index is 1390. The predicted molar refractivity (Wildman–Crippen MR) is 138 cm³/mol. The summed E-state index contributed by atoms with van der Waals surface area (Å²) in [6.07, 6.45) is 0. The summed E-state index contributed by atoms with van der Waals surface area (Å²) < 4.78 is 29.8. The molecule has 0 bridgehead atoms. The molecule has 192 valence electrons. The minimum Gasteiger partial charge on any atom is -0.457 e. The fraction of sp³-hybridized carbons (Fsp3) is 0.192. The van der Waals surface area contributed by atoms with E-state index in [9.17, 15) is 14.0 Å². The van der Waals surface area contributed by atoms with Gasteiger partial charge in [-0.2, -0.15) is 0 Å². The van der Waals surface area contributed by atoms with Crippen LogP contribution in [0.15, 0.2) is 60.7 Å². The van der Waals surface area contributed by atoms with Gasteiger partial charge in [-0.25, -0.2) is 14.2 Å². The average Bonchev–Trinajstić information content (AvgIpc) is 3.26. The summed E-state index contributed by atoms with van der Waals surface area (Å²) in [6.45, 7) is 2.43. The lowest BCUT2D eigenvalue weighted by molar-refractivity contribution is -0.121. The van der Waals surface area contributed by atoms with Crippen LogP contribution in [-0.4, -0.2) is 48.8 Å². The van der Waals surface area contributed by atoms with E-state index in [1.54, 1.807) is 61.7 Å². The van der Waals surface area contributed by atoms with Gasteiger partial charge in [0.25, 0.3) is 5.91 Å². The van der Waals surface area contributed by atoms with E-state index >= 15 is 0 Å². The summed E-state index contributed by atoms with van der Waals surface area (Å²) in [5.74, 6) is 0.534. The third kappa shape index (κ3) is 7.26. The second-order valence-electron chi connectivity index (χ2n) is 8.05. The van der Waals surface area contributed by atoms with Gasteiger partial charge < -0.3 is 29.8 Å². The first kappa shape index (κ1) is 25.6. The second-order valence-corrected chi connectivity index (χ2v) is 8.05. The van der Waals surface area contributed by atoms with Crippen molar-refractivity contribution in [3.05, 3.63) is 72.0 Å². The standard InChI is InChI=1S/C26H26FN5O5/c1-16-3-9-20(27)22(13-16)31-26(34)28-17-4-6-18(7-5-17)37-19-8-10-21-23(14-19)30-25(29-21)32-24(33)15-36-12-11-35-2/h3-10,13-14H,11-12,15H2,1-2H3,(H2,28,31,34)(H2,29,30,32,33). The minimum absolute atomic E-state index is 0.102. The van der Waals surface area contributed by atoms with Crippen molar-refractivity contribution in [3.8, 4) is 11.5 Å². The van der Waals surface area contributed by atoms with Crippen LogP contribution >= 0.6 is 0 Å².